The Bertz CT molecular complexity index is 1080. The van der Waals surface area contributed by atoms with Crippen LogP contribution in [0.1, 0.15) is 36.6 Å². The number of halogens is 1. The van der Waals surface area contributed by atoms with Gasteiger partial charge in [0.05, 0.1) is 22.1 Å². The van der Waals surface area contributed by atoms with Crippen molar-refractivity contribution in [3.05, 3.63) is 70.4 Å². The minimum Gasteiger partial charge on any atom is -0.384 e. The second-order valence-corrected chi connectivity index (χ2v) is 7.39. The van der Waals surface area contributed by atoms with Gasteiger partial charge in [0.1, 0.15) is 11.7 Å². The summed E-state index contributed by atoms with van der Waals surface area (Å²) in [6.45, 7) is 3.99. The average molecular weight is 425 g/mol. The van der Waals surface area contributed by atoms with Crippen LogP contribution in [0.25, 0.3) is 5.69 Å². The fraction of sp³-hybridized carbons (Fsp3) is 0.227. The van der Waals surface area contributed by atoms with Crippen molar-refractivity contribution in [1.82, 2.24) is 9.78 Å². The van der Waals surface area contributed by atoms with Gasteiger partial charge in [-0.25, -0.2) is 9.48 Å². The zero-order valence-electron chi connectivity index (χ0n) is 17.0. The topological polar surface area (TPSA) is 109 Å². The number of nitrogens with zero attached hydrogens (tertiary/aromatic N) is 2. The lowest BCUT2D eigenvalue weighted by atomic mass is 10.2. The van der Waals surface area contributed by atoms with E-state index >= 15 is 0 Å². The van der Waals surface area contributed by atoms with Crippen LogP contribution >= 0.6 is 11.6 Å². The van der Waals surface area contributed by atoms with Crippen molar-refractivity contribution in [3.63, 3.8) is 0 Å². The second kappa shape index (κ2) is 9.45. The number of anilines is 2. The van der Waals surface area contributed by atoms with Crippen LogP contribution in [0.15, 0.2) is 48.5 Å². The van der Waals surface area contributed by atoms with Gasteiger partial charge in [0, 0.05) is 11.6 Å². The molecule has 0 fully saturated rings. The van der Waals surface area contributed by atoms with Crippen molar-refractivity contribution in [3.8, 4) is 5.69 Å². The van der Waals surface area contributed by atoms with Crippen LogP contribution in [0.2, 0.25) is 5.02 Å². The van der Waals surface area contributed by atoms with Crippen LogP contribution < -0.4 is 16.4 Å². The standard InChI is InChI=1S/C22H25ClN6O/c1-3-4-9-16-13-19(27-22(30)26-18-11-5-7-14(2)20(18)23)29(28-16)17-10-6-8-15(12-17)21(24)25/h5-8,10-13H,3-4,9H2,1-2H3,(H3,24,25)(H2,26,27,30). The number of hydrogen-bond acceptors (Lipinski definition) is 3. The van der Waals surface area contributed by atoms with E-state index in [1.165, 1.54) is 0 Å². The monoisotopic (exact) mass is 424 g/mol. The summed E-state index contributed by atoms with van der Waals surface area (Å²) in [5, 5.41) is 18.5. The Kier molecular flexibility index (Phi) is 6.74. The molecule has 0 radical (unpaired) electrons. The van der Waals surface area contributed by atoms with Crippen LogP contribution in [0.4, 0.5) is 16.3 Å². The molecule has 8 heteroatoms. The van der Waals surface area contributed by atoms with E-state index in [9.17, 15) is 4.79 Å². The normalized spacial score (nSPS) is 10.6. The van der Waals surface area contributed by atoms with Gasteiger partial charge in [0.15, 0.2) is 0 Å². The summed E-state index contributed by atoms with van der Waals surface area (Å²) in [6, 6.07) is 14.1. The van der Waals surface area contributed by atoms with Gasteiger partial charge in [-0.15, -0.1) is 0 Å². The third kappa shape index (κ3) is 4.99. The van der Waals surface area contributed by atoms with E-state index in [4.69, 9.17) is 22.7 Å². The Morgan fingerprint density at radius 3 is 2.70 bits per heavy atom. The summed E-state index contributed by atoms with van der Waals surface area (Å²) >= 11 is 6.28. The molecule has 1 aromatic heterocycles. The molecule has 5 N–H and O–H groups in total. The molecular weight excluding hydrogens is 400 g/mol. The number of hydrogen-bond donors (Lipinski definition) is 4. The van der Waals surface area contributed by atoms with Gasteiger partial charge in [-0.3, -0.25) is 10.7 Å². The third-order valence-electron chi connectivity index (χ3n) is 4.63. The van der Waals surface area contributed by atoms with Crippen molar-refractivity contribution < 1.29 is 4.79 Å². The van der Waals surface area contributed by atoms with E-state index in [1.807, 2.05) is 31.2 Å². The maximum absolute atomic E-state index is 12.7. The van der Waals surface area contributed by atoms with Crippen LogP contribution in [0.3, 0.4) is 0 Å². The van der Waals surface area contributed by atoms with Crippen molar-refractivity contribution in [1.29, 1.82) is 5.41 Å². The molecule has 7 nitrogen and oxygen atoms in total. The molecule has 1 heterocycles. The molecule has 0 saturated carbocycles. The predicted molar refractivity (Wildman–Crippen MR) is 122 cm³/mol. The number of nitrogens with two attached hydrogens (primary N) is 1. The highest BCUT2D eigenvalue weighted by atomic mass is 35.5. The lowest BCUT2D eigenvalue weighted by molar-refractivity contribution is 0.262. The smallest absolute Gasteiger partial charge is 0.324 e. The van der Waals surface area contributed by atoms with Crippen molar-refractivity contribution in [2.75, 3.05) is 10.6 Å². The number of carbonyl (C=O) groups is 1. The quantitative estimate of drug-likeness (QED) is 0.312. The molecule has 0 aliphatic rings. The van der Waals surface area contributed by atoms with Gasteiger partial charge >= 0.3 is 6.03 Å². The number of aromatic nitrogens is 2. The fourth-order valence-electron chi connectivity index (χ4n) is 3.02. The fourth-order valence-corrected chi connectivity index (χ4v) is 3.19. The number of amidine groups is 1. The van der Waals surface area contributed by atoms with Gasteiger partial charge in [0.2, 0.25) is 0 Å². The Hall–Kier alpha value is -3.32. The van der Waals surface area contributed by atoms with Crippen molar-refractivity contribution in [2.24, 2.45) is 5.73 Å². The molecule has 0 saturated heterocycles. The number of urea groups is 1. The summed E-state index contributed by atoms with van der Waals surface area (Å²) in [7, 11) is 0. The minimum atomic E-state index is -0.423. The van der Waals surface area contributed by atoms with E-state index in [-0.39, 0.29) is 5.84 Å². The highest BCUT2D eigenvalue weighted by Gasteiger charge is 2.14. The molecule has 0 aliphatic heterocycles. The van der Waals surface area contributed by atoms with Crippen LogP contribution in [0, 0.1) is 12.3 Å². The first-order valence-electron chi connectivity index (χ1n) is 9.76. The first kappa shape index (κ1) is 21.4. The lowest BCUT2D eigenvalue weighted by Gasteiger charge is -2.12. The van der Waals surface area contributed by atoms with E-state index in [2.05, 4.69) is 22.7 Å². The maximum atomic E-state index is 12.7. The Morgan fingerprint density at radius 2 is 1.97 bits per heavy atom. The summed E-state index contributed by atoms with van der Waals surface area (Å²) < 4.78 is 1.65. The molecule has 2 amide bonds. The Morgan fingerprint density at radius 1 is 1.20 bits per heavy atom. The van der Waals surface area contributed by atoms with Gasteiger partial charge in [-0.1, -0.05) is 49.2 Å². The van der Waals surface area contributed by atoms with Crippen molar-refractivity contribution >= 4 is 35.0 Å². The van der Waals surface area contributed by atoms with E-state index in [0.29, 0.717) is 27.8 Å². The van der Waals surface area contributed by atoms with Gasteiger partial charge in [0.25, 0.3) is 0 Å². The number of benzene rings is 2. The largest absolute Gasteiger partial charge is 0.384 e. The first-order chi connectivity index (χ1) is 14.4. The number of aryl methyl sites for hydroxylation is 2. The van der Waals surface area contributed by atoms with Crippen LogP contribution in [-0.2, 0) is 6.42 Å². The molecule has 0 aliphatic carbocycles. The lowest BCUT2D eigenvalue weighted by Crippen LogP contribution is -2.21. The van der Waals surface area contributed by atoms with Gasteiger partial charge < -0.3 is 11.1 Å². The zero-order valence-corrected chi connectivity index (χ0v) is 17.8. The Balaban J connectivity index is 1.90. The van der Waals surface area contributed by atoms with E-state index in [0.717, 1.165) is 30.5 Å². The number of carbonyl (C=O) groups excluding carboxylic acids is 1. The highest BCUT2D eigenvalue weighted by molar-refractivity contribution is 6.34. The number of nitrogen functional groups attached to an aromatic ring is 1. The predicted octanol–water partition coefficient (Wildman–Crippen LogP) is 5.10. The summed E-state index contributed by atoms with van der Waals surface area (Å²) in [5.41, 5.74) is 9.19. The molecule has 30 heavy (non-hydrogen) atoms. The molecule has 0 bridgehead atoms. The third-order valence-corrected chi connectivity index (χ3v) is 5.13. The molecule has 3 rings (SSSR count). The van der Waals surface area contributed by atoms with Gasteiger partial charge in [-0.2, -0.15) is 5.10 Å². The first-order valence-corrected chi connectivity index (χ1v) is 10.1. The molecule has 0 spiro atoms. The van der Waals surface area contributed by atoms with Gasteiger partial charge in [-0.05, 0) is 43.5 Å². The number of rotatable bonds is 7. The second-order valence-electron chi connectivity index (χ2n) is 7.02. The minimum absolute atomic E-state index is 0.0310. The van der Waals surface area contributed by atoms with Crippen molar-refractivity contribution in [2.45, 2.75) is 33.1 Å². The molecule has 3 aromatic rings. The molecule has 0 atom stereocenters. The summed E-state index contributed by atoms with van der Waals surface area (Å²) in [5.74, 6) is 0.486. The summed E-state index contributed by atoms with van der Waals surface area (Å²) in [4.78, 5) is 12.7. The van der Waals surface area contributed by atoms with Crippen LogP contribution in [-0.4, -0.2) is 21.6 Å². The maximum Gasteiger partial charge on any atom is 0.324 e. The molecule has 2 aromatic carbocycles. The molecular formula is C22H25ClN6O. The van der Waals surface area contributed by atoms with Crippen LogP contribution in [0.5, 0.6) is 0 Å². The molecule has 0 unspecified atom stereocenters. The van der Waals surface area contributed by atoms with E-state index < -0.39 is 6.03 Å². The zero-order chi connectivity index (χ0) is 21.7. The molecule has 156 valence electrons. The van der Waals surface area contributed by atoms with E-state index in [1.54, 1.807) is 28.9 Å². The number of unbranched alkanes of at least 4 members (excludes halogenated alkanes) is 1. The Labute approximate surface area is 180 Å². The number of nitrogens with one attached hydrogen (secondary N) is 3. The highest BCUT2D eigenvalue weighted by Crippen LogP contribution is 2.26. The number of amides is 2. The summed E-state index contributed by atoms with van der Waals surface area (Å²) in [6.07, 6.45) is 2.84. The SMILES string of the molecule is CCCCc1cc(NC(=O)Nc2cccc(C)c2Cl)n(-c2cccc(C(=N)N)c2)n1. The average Bonchev–Trinajstić information content (AvgIpc) is 3.12.